The van der Waals surface area contributed by atoms with Gasteiger partial charge in [0.05, 0.1) is 12.7 Å². The van der Waals surface area contributed by atoms with Gasteiger partial charge in [0.15, 0.2) is 5.69 Å². The second-order valence-corrected chi connectivity index (χ2v) is 7.05. The SMILES string of the molecule is CN(CC1CCN(Cc2ccccc2)CC1)C(=O)c1cn(CCN)nn1. The summed E-state index contributed by atoms with van der Waals surface area (Å²) in [6.45, 7) is 4.98. The van der Waals surface area contributed by atoms with Gasteiger partial charge >= 0.3 is 0 Å². The van der Waals surface area contributed by atoms with Crippen molar-refractivity contribution in [1.82, 2.24) is 24.8 Å². The van der Waals surface area contributed by atoms with Crippen LogP contribution in [-0.2, 0) is 13.1 Å². The number of nitrogens with zero attached hydrogens (tertiary/aromatic N) is 5. The lowest BCUT2D eigenvalue weighted by atomic mass is 9.96. The predicted octanol–water partition coefficient (Wildman–Crippen LogP) is 1.22. The highest BCUT2D eigenvalue weighted by molar-refractivity contribution is 5.91. The summed E-state index contributed by atoms with van der Waals surface area (Å²) in [5, 5.41) is 7.90. The molecule has 0 saturated carbocycles. The maximum Gasteiger partial charge on any atom is 0.275 e. The van der Waals surface area contributed by atoms with E-state index in [0.29, 0.717) is 24.7 Å². The molecule has 1 fully saturated rings. The van der Waals surface area contributed by atoms with Crippen LogP contribution in [0.25, 0.3) is 0 Å². The maximum atomic E-state index is 12.5. The first-order valence-corrected chi connectivity index (χ1v) is 9.27. The van der Waals surface area contributed by atoms with Gasteiger partial charge in [-0.3, -0.25) is 14.4 Å². The number of nitrogens with two attached hydrogens (primary N) is 1. The molecular formula is C19H28N6O. The number of hydrogen-bond donors (Lipinski definition) is 1. The highest BCUT2D eigenvalue weighted by atomic mass is 16.2. The molecule has 1 aliphatic rings. The van der Waals surface area contributed by atoms with Crippen molar-refractivity contribution in [2.45, 2.75) is 25.9 Å². The van der Waals surface area contributed by atoms with Gasteiger partial charge in [0.1, 0.15) is 0 Å². The molecule has 26 heavy (non-hydrogen) atoms. The molecule has 2 heterocycles. The minimum absolute atomic E-state index is 0.0695. The van der Waals surface area contributed by atoms with Crippen LogP contribution in [0.15, 0.2) is 36.5 Å². The smallest absolute Gasteiger partial charge is 0.275 e. The van der Waals surface area contributed by atoms with E-state index in [1.807, 2.05) is 7.05 Å². The van der Waals surface area contributed by atoms with Crippen LogP contribution in [0.3, 0.4) is 0 Å². The van der Waals surface area contributed by atoms with E-state index in [1.165, 1.54) is 5.56 Å². The molecule has 1 aromatic heterocycles. The lowest BCUT2D eigenvalue weighted by Crippen LogP contribution is -2.39. The van der Waals surface area contributed by atoms with E-state index in [9.17, 15) is 4.79 Å². The van der Waals surface area contributed by atoms with Gasteiger partial charge in [-0.05, 0) is 37.4 Å². The average molecular weight is 356 g/mol. The molecule has 1 saturated heterocycles. The Bertz CT molecular complexity index is 693. The molecule has 3 rings (SSSR count). The lowest BCUT2D eigenvalue weighted by Gasteiger charge is -2.33. The van der Waals surface area contributed by atoms with E-state index >= 15 is 0 Å². The van der Waals surface area contributed by atoms with Crippen LogP contribution in [0, 0.1) is 5.92 Å². The van der Waals surface area contributed by atoms with Crippen LogP contribution < -0.4 is 5.73 Å². The summed E-state index contributed by atoms with van der Waals surface area (Å²) in [6, 6.07) is 10.6. The van der Waals surface area contributed by atoms with E-state index in [2.05, 4.69) is 45.5 Å². The first-order valence-electron chi connectivity index (χ1n) is 9.27. The summed E-state index contributed by atoms with van der Waals surface area (Å²) < 4.78 is 1.61. The summed E-state index contributed by atoms with van der Waals surface area (Å²) in [5.74, 6) is 0.468. The largest absolute Gasteiger partial charge is 0.340 e. The summed E-state index contributed by atoms with van der Waals surface area (Å²) in [7, 11) is 1.85. The van der Waals surface area contributed by atoms with Crippen molar-refractivity contribution in [3.05, 3.63) is 47.8 Å². The fourth-order valence-electron chi connectivity index (χ4n) is 3.47. The third kappa shape index (κ3) is 4.89. The lowest BCUT2D eigenvalue weighted by molar-refractivity contribution is 0.0731. The van der Waals surface area contributed by atoms with Crippen molar-refractivity contribution < 1.29 is 4.79 Å². The fourth-order valence-corrected chi connectivity index (χ4v) is 3.47. The Balaban J connectivity index is 1.45. The molecule has 0 spiro atoms. The molecule has 0 aliphatic carbocycles. The van der Waals surface area contributed by atoms with Gasteiger partial charge in [0.2, 0.25) is 0 Å². The van der Waals surface area contributed by atoms with E-state index in [-0.39, 0.29) is 5.91 Å². The van der Waals surface area contributed by atoms with Crippen LogP contribution in [-0.4, -0.2) is 63.9 Å². The van der Waals surface area contributed by atoms with Crippen LogP contribution in [0.2, 0.25) is 0 Å². The minimum Gasteiger partial charge on any atom is -0.340 e. The molecule has 1 amide bonds. The Kier molecular flexibility index (Phi) is 6.35. The molecule has 0 bridgehead atoms. The Morgan fingerprint density at radius 3 is 2.69 bits per heavy atom. The van der Waals surface area contributed by atoms with Gasteiger partial charge in [-0.25, -0.2) is 0 Å². The highest BCUT2D eigenvalue weighted by Gasteiger charge is 2.23. The Morgan fingerprint density at radius 2 is 2.00 bits per heavy atom. The Labute approximate surface area is 154 Å². The molecular weight excluding hydrogens is 328 g/mol. The van der Waals surface area contributed by atoms with Crippen molar-refractivity contribution in [3.8, 4) is 0 Å². The average Bonchev–Trinajstić information content (AvgIpc) is 3.12. The van der Waals surface area contributed by atoms with Gasteiger partial charge in [-0.15, -0.1) is 5.10 Å². The summed E-state index contributed by atoms with van der Waals surface area (Å²) >= 11 is 0. The zero-order valence-corrected chi connectivity index (χ0v) is 15.4. The molecule has 7 nitrogen and oxygen atoms in total. The zero-order chi connectivity index (χ0) is 18.4. The fraction of sp³-hybridized carbons (Fsp3) is 0.526. The second-order valence-electron chi connectivity index (χ2n) is 7.05. The van der Waals surface area contributed by atoms with Crippen LogP contribution in [0.4, 0.5) is 0 Å². The first-order chi connectivity index (χ1) is 12.7. The van der Waals surface area contributed by atoms with Crippen molar-refractivity contribution in [1.29, 1.82) is 0 Å². The van der Waals surface area contributed by atoms with Crippen molar-refractivity contribution in [3.63, 3.8) is 0 Å². The van der Waals surface area contributed by atoms with E-state index in [0.717, 1.165) is 39.0 Å². The van der Waals surface area contributed by atoms with Gasteiger partial charge in [-0.2, -0.15) is 0 Å². The molecule has 140 valence electrons. The minimum atomic E-state index is -0.0695. The van der Waals surface area contributed by atoms with E-state index < -0.39 is 0 Å². The molecule has 0 radical (unpaired) electrons. The Hall–Kier alpha value is -2.25. The van der Waals surface area contributed by atoms with Gasteiger partial charge in [0, 0.05) is 26.7 Å². The van der Waals surface area contributed by atoms with Gasteiger partial charge in [0.25, 0.3) is 5.91 Å². The number of carbonyl (C=O) groups excluding carboxylic acids is 1. The van der Waals surface area contributed by atoms with E-state index in [4.69, 9.17) is 5.73 Å². The molecule has 2 aromatic rings. The van der Waals surface area contributed by atoms with E-state index in [1.54, 1.807) is 15.8 Å². The number of piperidine rings is 1. The van der Waals surface area contributed by atoms with Crippen molar-refractivity contribution in [2.24, 2.45) is 11.7 Å². The molecule has 2 N–H and O–H groups in total. The number of aromatic nitrogens is 3. The third-order valence-electron chi connectivity index (χ3n) is 4.95. The number of benzene rings is 1. The molecule has 1 aliphatic heterocycles. The zero-order valence-electron chi connectivity index (χ0n) is 15.4. The van der Waals surface area contributed by atoms with Crippen LogP contribution >= 0.6 is 0 Å². The second kappa shape index (κ2) is 8.91. The highest BCUT2D eigenvalue weighted by Crippen LogP contribution is 2.20. The van der Waals surface area contributed by atoms with Crippen LogP contribution in [0.5, 0.6) is 0 Å². The topological polar surface area (TPSA) is 80.3 Å². The predicted molar refractivity (Wildman–Crippen MR) is 100 cm³/mol. The molecule has 7 heteroatoms. The molecule has 1 aromatic carbocycles. The molecule has 0 unspecified atom stereocenters. The first kappa shape index (κ1) is 18.5. The van der Waals surface area contributed by atoms with Crippen molar-refractivity contribution in [2.75, 3.05) is 33.2 Å². The van der Waals surface area contributed by atoms with Crippen molar-refractivity contribution >= 4 is 5.91 Å². The van der Waals surface area contributed by atoms with Gasteiger partial charge < -0.3 is 10.6 Å². The number of hydrogen-bond acceptors (Lipinski definition) is 5. The summed E-state index contributed by atoms with van der Waals surface area (Å²) in [4.78, 5) is 16.8. The molecule has 0 atom stereocenters. The monoisotopic (exact) mass is 356 g/mol. The Morgan fingerprint density at radius 1 is 1.27 bits per heavy atom. The number of likely N-dealkylation sites (tertiary alicyclic amines) is 1. The number of rotatable bonds is 7. The third-order valence-corrected chi connectivity index (χ3v) is 4.95. The summed E-state index contributed by atoms with van der Waals surface area (Å²) in [5.41, 5.74) is 7.25. The summed E-state index contributed by atoms with van der Waals surface area (Å²) in [6.07, 6.45) is 3.91. The quantitative estimate of drug-likeness (QED) is 0.807. The standard InChI is InChI=1S/C19H28N6O/c1-23(19(26)18-15-25(12-9-20)22-21-18)13-17-7-10-24(11-8-17)14-16-5-3-2-4-6-16/h2-6,15,17H,7-14,20H2,1H3. The van der Waals surface area contributed by atoms with Gasteiger partial charge in [-0.1, -0.05) is 35.5 Å². The number of amides is 1. The van der Waals surface area contributed by atoms with Crippen LogP contribution in [0.1, 0.15) is 28.9 Å². The number of carbonyl (C=O) groups is 1. The maximum absolute atomic E-state index is 12.5. The normalized spacial score (nSPS) is 15.9.